The minimum Gasteiger partial charge on any atom is -0.469 e. The normalized spacial score (nSPS) is 23.8. The van der Waals surface area contributed by atoms with E-state index in [9.17, 15) is 9.59 Å². The van der Waals surface area contributed by atoms with Crippen molar-refractivity contribution in [2.75, 3.05) is 6.61 Å². The zero-order valence-electron chi connectivity index (χ0n) is 17.2. The Morgan fingerprint density at radius 1 is 1.00 bits per heavy atom. The van der Waals surface area contributed by atoms with E-state index in [1.807, 2.05) is 77.8 Å². The van der Waals surface area contributed by atoms with Crippen molar-refractivity contribution in [3.63, 3.8) is 0 Å². The van der Waals surface area contributed by atoms with Crippen LogP contribution in [0.15, 0.2) is 83.6 Å². The third kappa shape index (κ3) is 3.17. The van der Waals surface area contributed by atoms with Crippen LogP contribution in [0.1, 0.15) is 46.1 Å². The van der Waals surface area contributed by atoms with Crippen LogP contribution in [-0.2, 0) is 9.53 Å². The van der Waals surface area contributed by atoms with Gasteiger partial charge in [-0.05, 0) is 36.3 Å². The summed E-state index contributed by atoms with van der Waals surface area (Å²) in [6.07, 6.45) is 5.50. The molecule has 5 heteroatoms. The molecule has 3 aromatic rings. The number of hydrogen-bond acceptors (Lipinski definition) is 5. The highest BCUT2D eigenvalue weighted by Crippen LogP contribution is 2.53. The first-order chi connectivity index (χ1) is 15.2. The van der Waals surface area contributed by atoms with Gasteiger partial charge in [-0.1, -0.05) is 54.6 Å². The van der Waals surface area contributed by atoms with Crippen molar-refractivity contribution >= 4 is 17.8 Å². The highest BCUT2D eigenvalue weighted by atomic mass is 16.5. The number of ether oxygens (including phenoxy) is 1. The molecule has 0 bridgehead atoms. The monoisotopic (exact) mass is 413 g/mol. The van der Waals surface area contributed by atoms with Gasteiger partial charge in [0, 0.05) is 11.8 Å². The van der Waals surface area contributed by atoms with Crippen molar-refractivity contribution in [2.45, 2.75) is 24.9 Å². The van der Waals surface area contributed by atoms with E-state index >= 15 is 0 Å². The molecule has 0 saturated carbocycles. The lowest BCUT2D eigenvalue weighted by Crippen LogP contribution is -2.38. The van der Waals surface area contributed by atoms with Gasteiger partial charge in [0.15, 0.2) is 5.78 Å². The Morgan fingerprint density at radius 2 is 1.77 bits per heavy atom. The zero-order valence-corrected chi connectivity index (χ0v) is 17.2. The first kappa shape index (κ1) is 19.4. The molecule has 0 spiro atoms. The van der Waals surface area contributed by atoms with Gasteiger partial charge in [-0.3, -0.25) is 4.79 Å². The third-order valence-corrected chi connectivity index (χ3v) is 6.21. The first-order valence-corrected chi connectivity index (χ1v) is 10.5. The Labute approximate surface area is 180 Å². The predicted octanol–water partition coefficient (Wildman–Crippen LogP) is 4.84. The Bertz CT molecular complexity index is 1120. The Morgan fingerprint density at radius 3 is 2.52 bits per heavy atom. The molecule has 3 heterocycles. The fourth-order valence-corrected chi connectivity index (χ4v) is 4.99. The van der Waals surface area contributed by atoms with Crippen LogP contribution in [0, 0.1) is 5.92 Å². The standard InChI is InChI=1S/C26H23NO4/c1-2-30-26(29)24-21(20-13-8-16-31-20)22(25(28)18-10-4-3-5-11-18)23-19-12-7-6-9-17(19)14-15-27(23)24/h3-16,21-24H,2H2,1H3. The van der Waals surface area contributed by atoms with Crippen molar-refractivity contribution < 1.29 is 18.7 Å². The Kier molecular flexibility index (Phi) is 4.94. The molecule has 2 aromatic carbocycles. The lowest BCUT2D eigenvalue weighted by atomic mass is 9.77. The van der Waals surface area contributed by atoms with Crippen LogP contribution in [0.5, 0.6) is 0 Å². The molecular formula is C26H23NO4. The molecule has 2 aliphatic heterocycles. The van der Waals surface area contributed by atoms with E-state index < -0.39 is 17.9 Å². The van der Waals surface area contributed by atoms with Gasteiger partial charge in [0.25, 0.3) is 0 Å². The Hall–Kier alpha value is -3.60. The van der Waals surface area contributed by atoms with Gasteiger partial charge < -0.3 is 14.1 Å². The van der Waals surface area contributed by atoms with Crippen LogP contribution in [0.25, 0.3) is 6.08 Å². The highest BCUT2D eigenvalue weighted by Gasteiger charge is 2.57. The maximum atomic E-state index is 13.9. The van der Waals surface area contributed by atoms with Gasteiger partial charge in [-0.25, -0.2) is 4.79 Å². The van der Waals surface area contributed by atoms with Gasteiger partial charge in [0.05, 0.1) is 30.7 Å². The van der Waals surface area contributed by atoms with E-state index in [0.29, 0.717) is 11.3 Å². The summed E-state index contributed by atoms with van der Waals surface area (Å²) in [7, 11) is 0. The van der Waals surface area contributed by atoms with Crippen molar-refractivity contribution in [1.82, 2.24) is 4.90 Å². The lowest BCUT2D eigenvalue weighted by molar-refractivity contribution is -0.148. The molecule has 0 radical (unpaired) electrons. The molecule has 156 valence electrons. The maximum Gasteiger partial charge on any atom is 0.329 e. The van der Waals surface area contributed by atoms with E-state index in [4.69, 9.17) is 9.15 Å². The van der Waals surface area contributed by atoms with Crippen LogP contribution in [0.4, 0.5) is 0 Å². The number of Topliss-reactive ketones (excluding diaryl/α,β-unsaturated/α-hetero) is 1. The second-order valence-corrected chi connectivity index (χ2v) is 7.83. The molecule has 1 aromatic heterocycles. The van der Waals surface area contributed by atoms with Crippen LogP contribution >= 0.6 is 0 Å². The molecule has 1 fully saturated rings. The molecule has 5 rings (SSSR count). The number of carbonyl (C=O) groups is 2. The smallest absolute Gasteiger partial charge is 0.329 e. The summed E-state index contributed by atoms with van der Waals surface area (Å²) in [5.74, 6) is -0.709. The second-order valence-electron chi connectivity index (χ2n) is 7.83. The number of ketones is 1. The number of rotatable bonds is 5. The summed E-state index contributed by atoms with van der Waals surface area (Å²) in [5.41, 5.74) is 2.71. The van der Waals surface area contributed by atoms with Crippen molar-refractivity contribution in [1.29, 1.82) is 0 Å². The summed E-state index contributed by atoms with van der Waals surface area (Å²) >= 11 is 0. The Balaban J connectivity index is 1.70. The van der Waals surface area contributed by atoms with Crippen molar-refractivity contribution in [3.8, 4) is 0 Å². The quantitative estimate of drug-likeness (QED) is 0.443. The molecule has 5 nitrogen and oxygen atoms in total. The van der Waals surface area contributed by atoms with Crippen LogP contribution in [0.3, 0.4) is 0 Å². The summed E-state index contributed by atoms with van der Waals surface area (Å²) < 4.78 is 11.2. The molecule has 4 atom stereocenters. The van der Waals surface area contributed by atoms with Gasteiger partial charge in [-0.2, -0.15) is 0 Å². The average molecular weight is 413 g/mol. The maximum absolute atomic E-state index is 13.9. The van der Waals surface area contributed by atoms with Gasteiger partial charge in [-0.15, -0.1) is 0 Å². The SMILES string of the molecule is CCOC(=O)C1C(c2ccco2)C(C(=O)c2ccccc2)C2c3ccccc3C=CN12. The lowest BCUT2D eigenvalue weighted by Gasteiger charge is -2.33. The van der Waals surface area contributed by atoms with Gasteiger partial charge in [0.1, 0.15) is 11.8 Å². The topological polar surface area (TPSA) is 59.8 Å². The highest BCUT2D eigenvalue weighted by molar-refractivity contribution is 6.00. The summed E-state index contributed by atoms with van der Waals surface area (Å²) in [6.45, 7) is 2.07. The van der Waals surface area contributed by atoms with E-state index in [1.54, 1.807) is 19.3 Å². The number of fused-ring (bicyclic) bond motifs is 3. The van der Waals surface area contributed by atoms with Gasteiger partial charge >= 0.3 is 5.97 Å². The molecule has 1 saturated heterocycles. The molecule has 2 aliphatic rings. The summed E-state index contributed by atoms with van der Waals surface area (Å²) in [4.78, 5) is 29.1. The van der Waals surface area contributed by atoms with Crippen LogP contribution < -0.4 is 0 Å². The number of hydrogen-bond donors (Lipinski definition) is 0. The molecule has 0 aliphatic carbocycles. The van der Waals surface area contributed by atoms with Crippen molar-refractivity contribution in [3.05, 3.63) is 102 Å². The number of esters is 1. The minimum atomic E-state index is -0.654. The second kappa shape index (κ2) is 7.91. The summed E-state index contributed by atoms with van der Waals surface area (Å²) in [5, 5.41) is 0. The summed E-state index contributed by atoms with van der Waals surface area (Å²) in [6, 6.07) is 20.0. The fourth-order valence-electron chi connectivity index (χ4n) is 4.99. The minimum absolute atomic E-state index is 0.00565. The third-order valence-electron chi connectivity index (χ3n) is 6.21. The van der Waals surface area contributed by atoms with E-state index in [0.717, 1.165) is 11.1 Å². The van der Waals surface area contributed by atoms with E-state index in [1.165, 1.54) is 0 Å². The first-order valence-electron chi connectivity index (χ1n) is 10.5. The van der Waals surface area contributed by atoms with Crippen LogP contribution in [0.2, 0.25) is 0 Å². The number of benzene rings is 2. The number of nitrogens with zero attached hydrogens (tertiary/aromatic N) is 1. The predicted molar refractivity (Wildman–Crippen MR) is 116 cm³/mol. The number of carbonyl (C=O) groups excluding carboxylic acids is 2. The van der Waals surface area contributed by atoms with E-state index in [-0.39, 0.29) is 24.4 Å². The molecule has 0 amide bonds. The van der Waals surface area contributed by atoms with Gasteiger partial charge in [0.2, 0.25) is 0 Å². The zero-order chi connectivity index (χ0) is 21.4. The van der Waals surface area contributed by atoms with Crippen molar-refractivity contribution in [2.24, 2.45) is 5.92 Å². The number of furan rings is 1. The molecule has 31 heavy (non-hydrogen) atoms. The molecule has 4 unspecified atom stereocenters. The largest absolute Gasteiger partial charge is 0.469 e. The molecule has 0 N–H and O–H groups in total. The van der Waals surface area contributed by atoms with E-state index in [2.05, 4.69) is 0 Å². The average Bonchev–Trinajstić information content (AvgIpc) is 3.45. The fraction of sp³-hybridized carbons (Fsp3) is 0.231. The molecular weight excluding hydrogens is 390 g/mol. The van der Waals surface area contributed by atoms with Crippen LogP contribution in [-0.4, -0.2) is 29.3 Å².